The summed E-state index contributed by atoms with van der Waals surface area (Å²) in [6.07, 6.45) is -3.94. The van der Waals surface area contributed by atoms with Crippen molar-refractivity contribution in [3.63, 3.8) is 0 Å². The van der Waals surface area contributed by atoms with Crippen molar-refractivity contribution in [2.45, 2.75) is 19.2 Å². The fraction of sp³-hybridized carbons (Fsp3) is 0.286. The van der Waals surface area contributed by atoms with Crippen molar-refractivity contribution < 1.29 is 23.0 Å². The first-order valence-corrected chi connectivity index (χ1v) is 6.90. The van der Waals surface area contributed by atoms with Gasteiger partial charge in [0.1, 0.15) is 5.75 Å². The van der Waals surface area contributed by atoms with Gasteiger partial charge in [-0.05, 0) is 40.1 Å². The maximum Gasteiger partial charge on any atom is 0.419 e. The second kappa shape index (κ2) is 6.28. The molecule has 108 valence electrons. The Bertz CT molecular complexity index is 550. The number of hydrogen-bond acceptors (Lipinski definition) is 3. The molecular formula is C14H13F3O2S. The van der Waals surface area contributed by atoms with Crippen LogP contribution in [0, 0.1) is 0 Å². The molecule has 0 atom stereocenters. The first-order valence-electron chi connectivity index (χ1n) is 5.95. The lowest BCUT2D eigenvalue weighted by Gasteiger charge is -2.14. The zero-order valence-corrected chi connectivity index (χ0v) is 11.3. The summed E-state index contributed by atoms with van der Waals surface area (Å²) >= 11 is 1.53. The Morgan fingerprint density at radius 1 is 1.15 bits per heavy atom. The molecule has 6 heteroatoms. The van der Waals surface area contributed by atoms with Crippen LogP contribution in [0.2, 0.25) is 0 Å². The number of thiophene rings is 1. The quantitative estimate of drug-likeness (QED) is 0.908. The zero-order chi connectivity index (χ0) is 14.6. The highest BCUT2D eigenvalue weighted by Gasteiger charge is 2.34. The van der Waals surface area contributed by atoms with Gasteiger partial charge in [0, 0.05) is 6.42 Å². The molecule has 2 nitrogen and oxygen atoms in total. The molecule has 20 heavy (non-hydrogen) atoms. The van der Waals surface area contributed by atoms with Crippen LogP contribution in [0.4, 0.5) is 13.2 Å². The summed E-state index contributed by atoms with van der Waals surface area (Å²) < 4.78 is 44.0. The van der Waals surface area contributed by atoms with Gasteiger partial charge in [-0.2, -0.15) is 24.5 Å². The maximum atomic E-state index is 12.9. The normalized spacial score (nSPS) is 11.6. The van der Waals surface area contributed by atoms with Gasteiger partial charge < -0.3 is 9.84 Å². The average Bonchev–Trinajstić information content (AvgIpc) is 2.91. The van der Waals surface area contributed by atoms with Crippen LogP contribution in [-0.4, -0.2) is 11.7 Å². The molecule has 1 N–H and O–H groups in total. The first-order chi connectivity index (χ1) is 9.50. The first kappa shape index (κ1) is 14.9. The van der Waals surface area contributed by atoms with Crippen LogP contribution in [0.1, 0.15) is 16.7 Å². The summed E-state index contributed by atoms with van der Waals surface area (Å²) in [4.78, 5) is 0. The minimum absolute atomic E-state index is 0.179. The van der Waals surface area contributed by atoms with Gasteiger partial charge in [0.25, 0.3) is 0 Å². The van der Waals surface area contributed by atoms with E-state index in [2.05, 4.69) is 0 Å². The smallest absolute Gasteiger partial charge is 0.419 e. The van der Waals surface area contributed by atoms with E-state index in [9.17, 15) is 13.2 Å². The molecule has 1 heterocycles. The van der Waals surface area contributed by atoms with Crippen LogP contribution in [-0.2, 0) is 19.2 Å². The predicted octanol–water partition coefficient (Wildman–Crippen LogP) is 3.88. The Morgan fingerprint density at radius 2 is 1.95 bits per heavy atom. The van der Waals surface area contributed by atoms with Crippen LogP contribution in [0.15, 0.2) is 35.0 Å². The van der Waals surface area contributed by atoms with E-state index in [1.54, 1.807) is 0 Å². The Hall–Kier alpha value is -1.53. The zero-order valence-electron chi connectivity index (χ0n) is 10.5. The highest BCUT2D eigenvalue weighted by Crippen LogP contribution is 2.36. The molecule has 0 aliphatic heterocycles. The Labute approximate surface area is 118 Å². The number of benzene rings is 1. The molecule has 0 unspecified atom stereocenters. The van der Waals surface area contributed by atoms with Crippen LogP contribution in [0.25, 0.3) is 0 Å². The number of alkyl halides is 3. The lowest BCUT2D eigenvalue weighted by atomic mass is 10.1. The molecule has 1 aromatic heterocycles. The molecule has 2 rings (SSSR count). The third-order valence-corrected chi connectivity index (χ3v) is 3.49. The SMILES string of the molecule is OCc1ccc(OCCc2ccsc2)c(C(F)(F)F)c1. The number of hydrogen-bond donors (Lipinski definition) is 1. The van der Waals surface area contributed by atoms with Gasteiger partial charge in [0.2, 0.25) is 0 Å². The summed E-state index contributed by atoms with van der Waals surface area (Å²) in [7, 11) is 0. The van der Waals surface area contributed by atoms with Gasteiger partial charge in [-0.25, -0.2) is 0 Å². The minimum Gasteiger partial charge on any atom is -0.493 e. The van der Waals surface area contributed by atoms with Crippen LogP contribution in [0.3, 0.4) is 0 Å². The van der Waals surface area contributed by atoms with E-state index in [1.165, 1.54) is 23.5 Å². The molecule has 0 fully saturated rings. The summed E-state index contributed by atoms with van der Waals surface area (Å²) in [6.45, 7) is -0.253. The summed E-state index contributed by atoms with van der Waals surface area (Å²) in [5.41, 5.74) is 0.396. The fourth-order valence-electron chi connectivity index (χ4n) is 1.74. The van der Waals surface area contributed by atoms with E-state index in [-0.39, 0.29) is 17.9 Å². The monoisotopic (exact) mass is 302 g/mol. The van der Waals surface area contributed by atoms with E-state index in [1.807, 2.05) is 16.8 Å². The number of ether oxygens (including phenoxy) is 1. The van der Waals surface area contributed by atoms with Crippen molar-refractivity contribution in [2.24, 2.45) is 0 Å². The molecule has 0 spiro atoms. The highest BCUT2D eigenvalue weighted by molar-refractivity contribution is 7.07. The molecule has 0 bridgehead atoms. The maximum absolute atomic E-state index is 12.9. The van der Waals surface area contributed by atoms with Crippen LogP contribution in [0.5, 0.6) is 5.75 Å². The number of aliphatic hydroxyl groups is 1. The molecule has 0 aliphatic carbocycles. The van der Waals surface area contributed by atoms with Gasteiger partial charge >= 0.3 is 6.18 Å². The topological polar surface area (TPSA) is 29.5 Å². The molecule has 0 radical (unpaired) electrons. The molecular weight excluding hydrogens is 289 g/mol. The standard InChI is InChI=1S/C14H13F3O2S/c15-14(16,17)12-7-11(8-18)1-2-13(12)19-5-3-10-4-6-20-9-10/h1-2,4,6-7,9,18H,3,5,8H2. The van der Waals surface area contributed by atoms with Crippen molar-refractivity contribution in [3.05, 3.63) is 51.7 Å². The minimum atomic E-state index is -4.50. The highest BCUT2D eigenvalue weighted by atomic mass is 32.1. The lowest BCUT2D eigenvalue weighted by Crippen LogP contribution is -2.11. The van der Waals surface area contributed by atoms with Gasteiger partial charge in [0.05, 0.1) is 18.8 Å². The number of halogens is 3. The number of aliphatic hydroxyl groups excluding tert-OH is 1. The summed E-state index contributed by atoms with van der Waals surface area (Å²) in [5.74, 6) is -0.204. The van der Waals surface area contributed by atoms with Gasteiger partial charge in [-0.15, -0.1) is 0 Å². The molecule has 0 saturated heterocycles. The molecule has 2 aromatic rings. The second-order valence-electron chi connectivity index (χ2n) is 4.22. The number of rotatable bonds is 5. The Kier molecular flexibility index (Phi) is 4.67. The third-order valence-electron chi connectivity index (χ3n) is 2.76. The van der Waals surface area contributed by atoms with E-state index < -0.39 is 18.3 Å². The average molecular weight is 302 g/mol. The van der Waals surface area contributed by atoms with E-state index in [0.29, 0.717) is 6.42 Å². The van der Waals surface area contributed by atoms with Gasteiger partial charge in [-0.3, -0.25) is 0 Å². The molecule has 0 saturated carbocycles. The third kappa shape index (κ3) is 3.74. The largest absolute Gasteiger partial charge is 0.493 e. The second-order valence-corrected chi connectivity index (χ2v) is 5.00. The lowest BCUT2D eigenvalue weighted by molar-refractivity contribution is -0.139. The molecule has 0 amide bonds. The van der Waals surface area contributed by atoms with Crippen molar-refractivity contribution in [1.82, 2.24) is 0 Å². The van der Waals surface area contributed by atoms with Crippen molar-refractivity contribution in [1.29, 1.82) is 0 Å². The van der Waals surface area contributed by atoms with Gasteiger partial charge in [0.15, 0.2) is 0 Å². The van der Waals surface area contributed by atoms with E-state index in [0.717, 1.165) is 11.6 Å². The van der Waals surface area contributed by atoms with E-state index >= 15 is 0 Å². The summed E-state index contributed by atoms with van der Waals surface area (Å²) in [5, 5.41) is 12.8. The Balaban J connectivity index is 2.10. The van der Waals surface area contributed by atoms with Crippen molar-refractivity contribution in [3.8, 4) is 5.75 Å². The molecule has 0 aliphatic rings. The molecule has 1 aromatic carbocycles. The van der Waals surface area contributed by atoms with Gasteiger partial charge in [-0.1, -0.05) is 6.07 Å². The fourth-order valence-corrected chi connectivity index (χ4v) is 2.44. The van der Waals surface area contributed by atoms with Crippen LogP contribution >= 0.6 is 11.3 Å². The van der Waals surface area contributed by atoms with Crippen molar-refractivity contribution in [2.75, 3.05) is 6.61 Å². The van der Waals surface area contributed by atoms with Crippen molar-refractivity contribution >= 4 is 11.3 Å². The Morgan fingerprint density at radius 3 is 2.55 bits per heavy atom. The predicted molar refractivity (Wildman–Crippen MR) is 70.9 cm³/mol. The van der Waals surface area contributed by atoms with Crippen LogP contribution < -0.4 is 4.74 Å². The summed E-state index contributed by atoms with van der Waals surface area (Å²) in [6, 6.07) is 5.50. The van der Waals surface area contributed by atoms with E-state index in [4.69, 9.17) is 9.84 Å².